The molecular formula is C17H20BrNO. The lowest BCUT2D eigenvalue weighted by molar-refractivity contribution is 0.146. The number of nitrogens with two attached hydrogens (primary N) is 1. The summed E-state index contributed by atoms with van der Waals surface area (Å²) in [7, 11) is 0. The number of benzene rings is 2. The molecule has 0 bridgehead atoms. The van der Waals surface area contributed by atoms with Crippen LogP contribution in [0.15, 0.2) is 46.9 Å². The molecule has 20 heavy (non-hydrogen) atoms. The maximum atomic E-state index is 10.7. The Hall–Kier alpha value is -1.16. The van der Waals surface area contributed by atoms with E-state index in [0.717, 1.165) is 21.2 Å². The molecule has 0 saturated heterocycles. The van der Waals surface area contributed by atoms with E-state index in [1.165, 1.54) is 5.56 Å². The SMILES string of the molecule is Cc1ccc(C(CN)C(O)c2cc(C)ccc2Br)cc1. The van der Waals surface area contributed by atoms with Crippen LogP contribution in [-0.2, 0) is 0 Å². The summed E-state index contributed by atoms with van der Waals surface area (Å²) < 4.78 is 0.918. The first-order chi connectivity index (χ1) is 9.52. The van der Waals surface area contributed by atoms with E-state index in [9.17, 15) is 5.11 Å². The van der Waals surface area contributed by atoms with Gasteiger partial charge in [0.1, 0.15) is 0 Å². The molecule has 0 aliphatic heterocycles. The molecule has 2 rings (SSSR count). The van der Waals surface area contributed by atoms with E-state index < -0.39 is 6.10 Å². The number of hydrogen-bond donors (Lipinski definition) is 2. The van der Waals surface area contributed by atoms with Crippen molar-refractivity contribution in [2.75, 3.05) is 6.54 Å². The maximum Gasteiger partial charge on any atom is 0.0881 e. The predicted molar refractivity (Wildman–Crippen MR) is 86.8 cm³/mol. The molecule has 0 amide bonds. The summed E-state index contributed by atoms with van der Waals surface area (Å²) in [5.41, 5.74) is 10.2. The van der Waals surface area contributed by atoms with Gasteiger partial charge in [0.15, 0.2) is 0 Å². The second kappa shape index (κ2) is 6.53. The molecule has 0 saturated carbocycles. The first-order valence-corrected chi connectivity index (χ1v) is 7.53. The van der Waals surface area contributed by atoms with Crippen molar-refractivity contribution in [2.45, 2.75) is 25.9 Å². The van der Waals surface area contributed by atoms with Crippen LogP contribution in [0, 0.1) is 13.8 Å². The van der Waals surface area contributed by atoms with Crippen LogP contribution in [-0.4, -0.2) is 11.7 Å². The third-order valence-electron chi connectivity index (χ3n) is 3.61. The van der Waals surface area contributed by atoms with Gasteiger partial charge in [-0.25, -0.2) is 0 Å². The van der Waals surface area contributed by atoms with Crippen molar-refractivity contribution in [1.82, 2.24) is 0 Å². The minimum absolute atomic E-state index is 0.103. The van der Waals surface area contributed by atoms with E-state index in [1.54, 1.807) is 0 Å². The Bertz CT molecular complexity index is 580. The number of halogens is 1. The molecule has 2 aromatic carbocycles. The van der Waals surface area contributed by atoms with Crippen molar-refractivity contribution < 1.29 is 5.11 Å². The molecule has 3 N–H and O–H groups in total. The van der Waals surface area contributed by atoms with Crippen molar-refractivity contribution >= 4 is 15.9 Å². The summed E-state index contributed by atoms with van der Waals surface area (Å²) in [4.78, 5) is 0. The quantitative estimate of drug-likeness (QED) is 0.892. The van der Waals surface area contributed by atoms with E-state index in [4.69, 9.17) is 5.73 Å². The van der Waals surface area contributed by atoms with Crippen molar-refractivity contribution in [3.05, 3.63) is 69.2 Å². The molecule has 2 aromatic rings. The van der Waals surface area contributed by atoms with Gasteiger partial charge in [0, 0.05) is 16.9 Å². The van der Waals surface area contributed by atoms with Crippen LogP contribution in [0.5, 0.6) is 0 Å². The average molecular weight is 334 g/mol. The van der Waals surface area contributed by atoms with E-state index >= 15 is 0 Å². The van der Waals surface area contributed by atoms with Crippen LogP contribution >= 0.6 is 15.9 Å². The zero-order valence-electron chi connectivity index (χ0n) is 11.8. The first kappa shape index (κ1) is 15.2. The highest BCUT2D eigenvalue weighted by Gasteiger charge is 2.23. The Balaban J connectivity index is 2.35. The van der Waals surface area contributed by atoms with E-state index in [-0.39, 0.29) is 5.92 Å². The molecule has 0 aliphatic carbocycles. The molecule has 0 spiro atoms. The Morgan fingerprint density at radius 1 is 1.05 bits per heavy atom. The molecule has 0 aromatic heterocycles. The fraction of sp³-hybridized carbons (Fsp3) is 0.294. The Morgan fingerprint density at radius 2 is 1.65 bits per heavy atom. The van der Waals surface area contributed by atoms with Gasteiger partial charge in [0.2, 0.25) is 0 Å². The molecule has 0 aliphatic rings. The molecule has 106 valence electrons. The Morgan fingerprint density at radius 3 is 2.25 bits per heavy atom. The molecule has 2 atom stereocenters. The lowest BCUT2D eigenvalue weighted by atomic mass is 9.88. The van der Waals surface area contributed by atoms with Crippen LogP contribution in [0.1, 0.15) is 34.3 Å². The van der Waals surface area contributed by atoms with Crippen LogP contribution in [0.25, 0.3) is 0 Å². The third-order valence-corrected chi connectivity index (χ3v) is 4.33. The molecule has 2 nitrogen and oxygen atoms in total. The van der Waals surface area contributed by atoms with Gasteiger partial charge in [0.05, 0.1) is 6.10 Å². The number of aliphatic hydroxyl groups is 1. The van der Waals surface area contributed by atoms with Crippen molar-refractivity contribution in [2.24, 2.45) is 5.73 Å². The number of aryl methyl sites for hydroxylation is 2. The summed E-state index contributed by atoms with van der Waals surface area (Å²) in [6.45, 7) is 4.48. The van der Waals surface area contributed by atoms with Gasteiger partial charge >= 0.3 is 0 Å². The molecule has 0 heterocycles. The minimum Gasteiger partial charge on any atom is -0.388 e. The highest BCUT2D eigenvalue weighted by atomic mass is 79.9. The van der Waals surface area contributed by atoms with Crippen molar-refractivity contribution in [3.63, 3.8) is 0 Å². The zero-order valence-corrected chi connectivity index (χ0v) is 13.4. The van der Waals surface area contributed by atoms with Crippen LogP contribution in [0.2, 0.25) is 0 Å². The largest absolute Gasteiger partial charge is 0.388 e. The lowest BCUT2D eigenvalue weighted by Crippen LogP contribution is -2.20. The third kappa shape index (κ3) is 3.29. The molecule has 0 fully saturated rings. The molecule has 2 unspecified atom stereocenters. The highest BCUT2D eigenvalue weighted by Crippen LogP contribution is 2.34. The number of hydrogen-bond acceptors (Lipinski definition) is 2. The highest BCUT2D eigenvalue weighted by molar-refractivity contribution is 9.10. The standard InChI is InChI=1S/C17H20BrNO/c1-11-3-6-13(7-4-11)15(10-19)17(20)14-9-12(2)5-8-16(14)18/h3-9,15,17,20H,10,19H2,1-2H3. The van der Waals surface area contributed by atoms with E-state index in [1.807, 2.05) is 37.3 Å². The van der Waals surface area contributed by atoms with Gasteiger partial charge < -0.3 is 10.8 Å². The first-order valence-electron chi connectivity index (χ1n) is 6.73. The van der Waals surface area contributed by atoms with Crippen molar-refractivity contribution in [1.29, 1.82) is 0 Å². The molecule has 0 radical (unpaired) electrons. The van der Waals surface area contributed by atoms with Gasteiger partial charge in [0.25, 0.3) is 0 Å². The summed E-state index contributed by atoms with van der Waals surface area (Å²) in [6, 6.07) is 14.2. The van der Waals surface area contributed by atoms with Gasteiger partial charge in [-0.3, -0.25) is 0 Å². The number of aliphatic hydroxyl groups excluding tert-OH is 1. The average Bonchev–Trinajstić information content (AvgIpc) is 2.44. The molecule has 3 heteroatoms. The number of rotatable bonds is 4. The monoisotopic (exact) mass is 333 g/mol. The normalized spacial score (nSPS) is 14.1. The Kier molecular flexibility index (Phi) is 4.97. The maximum absolute atomic E-state index is 10.7. The van der Waals surface area contributed by atoms with Gasteiger partial charge in [-0.1, -0.05) is 63.5 Å². The summed E-state index contributed by atoms with van der Waals surface area (Å²) >= 11 is 3.51. The second-order valence-electron chi connectivity index (χ2n) is 5.22. The lowest BCUT2D eigenvalue weighted by Gasteiger charge is -2.23. The second-order valence-corrected chi connectivity index (χ2v) is 6.08. The topological polar surface area (TPSA) is 46.2 Å². The van der Waals surface area contributed by atoms with Crippen LogP contribution < -0.4 is 5.73 Å². The van der Waals surface area contributed by atoms with E-state index in [2.05, 4.69) is 35.0 Å². The fourth-order valence-electron chi connectivity index (χ4n) is 2.37. The smallest absolute Gasteiger partial charge is 0.0881 e. The predicted octanol–water partition coefficient (Wildman–Crippen LogP) is 3.84. The van der Waals surface area contributed by atoms with Gasteiger partial charge in [-0.15, -0.1) is 0 Å². The Labute approximate surface area is 128 Å². The summed E-state index contributed by atoms with van der Waals surface area (Å²) in [5, 5.41) is 10.7. The minimum atomic E-state index is -0.614. The van der Waals surface area contributed by atoms with Crippen LogP contribution in [0.3, 0.4) is 0 Å². The summed E-state index contributed by atoms with van der Waals surface area (Å²) in [6.07, 6.45) is -0.614. The van der Waals surface area contributed by atoms with Crippen LogP contribution in [0.4, 0.5) is 0 Å². The summed E-state index contributed by atoms with van der Waals surface area (Å²) in [5.74, 6) is -0.103. The fourth-order valence-corrected chi connectivity index (χ4v) is 2.85. The zero-order chi connectivity index (χ0) is 14.7. The molecular weight excluding hydrogens is 314 g/mol. The van der Waals surface area contributed by atoms with Gasteiger partial charge in [-0.05, 0) is 31.0 Å². The van der Waals surface area contributed by atoms with Gasteiger partial charge in [-0.2, -0.15) is 0 Å². The van der Waals surface area contributed by atoms with E-state index in [0.29, 0.717) is 6.54 Å². The van der Waals surface area contributed by atoms with Crippen molar-refractivity contribution in [3.8, 4) is 0 Å².